The number of hydrogen-bond donors (Lipinski definition) is 0. The zero-order valence-corrected chi connectivity index (χ0v) is 19.5. The minimum atomic E-state index is 0.147. The molecule has 0 radical (unpaired) electrons. The summed E-state index contributed by atoms with van der Waals surface area (Å²) in [5.41, 5.74) is 3.22. The molecule has 0 unspecified atom stereocenters. The van der Waals surface area contributed by atoms with E-state index in [9.17, 15) is 4.79 Å². The zero-order valence-electron chi connectivity index (χ0n) is 19.5. The minimum absolute atomic E-state index is 0.147. The van der Waals surface area contributed by atoms with Gasteiger partial charge in [-0.05, 0) is 80.7 Å². The molecule has 2 aromatic carbocycles. The van der Waals surface area contributed by atoms with Crippen LogP contribution in [0.3, 0.4) is 0 Å². The molecule has 5 heteroatoms. The molecule has 0 aromatic heterocycles. The van der Waals surface area contributed by atoms with Crippen LogP contribution in [0.4, 0.5) is 5.69 Å². The van der Waals surface area contributed by atoms with Gasteiger partial charge < -0.3 is 19.4 Å². The highest BCUT2D eigenvalue weighted by molar-refractivity contribution is 5.94. The van der Waals surface area contributed by atoms with Gasteiger partial charge in [0.05, 0.1) is 6.61 Å². The minimum Gasteiger partial charge on any atom is -0.494 e. The summed E-state index contributed by atoms with van der Waals surface area (Å²) in [6, 6.07) is 16.5. The van der Waals surface area contributed by atoms with Gasteiger partial charge in [0.15, 0.2) is 0 Å². The van der Waals surface area contributed by atoms with Crippen LogP contribution in [0, 0.1) is 0 Å². The highest BCUT2D eigenvalue weighted by Gasteiger charge is 2.22. The molecule has 0 aliphatic carbocycles. The highest BCUT2D eigenvalue weighted by atomic mass is 16.5. The van der Waals surface area contributed by atoms with Gasteiger partial charge in [-0.3, -0.25) is 4.79 Å². The van der Waals surface area contributed by atoms with Crippen molar-refractivity contribution < 1.29 is 9.53 Å². The van der Waals surface area contributed by atoms with Gasteiger partial charge in [-0.25, -0.2) is 0 Å². The fourth-order valence-corrected chi connectivity index (χ4v) is 4.69. The monoisotopic (exact) mass is 435 g/mol. The molecule has 5 nitrogen and oxygen atoms in total. The number of piperidine rings is 1. The number of carbonyl (C=O) groups excluding carboxylic acids is 1. The van der Waals surface area contributed by atoms with E-state index in [4.69, 9.17) is 4.74 Å². The SMILES string of the molecule is CCc1cccc(C(=O)N2CCN(c3ccc(OCCCN4CCCCC4)cc3)CC2)c1. The van der Waals surface area contributed by atoms with Gasteiger partial charge in [0.25, 0.3) is 5.91 Å². The summed E-state index contributed by atoms with van der Waals surface area (Å²) in [5, 5.41) is 0. The van der Waals surface area contributed by atoms with Gasteiger partial charge in [-0.2, -0.15) is 0 Å². The number of benzene rings is 2. The van der Waals surface area contributed by atoms with Crippen molar-refractivity contribution in [1.29, 1.82) is 0 Å². The average Bonchev–Trinajstić information content (AvgIpc) is 2.87. The van der Waals surface area contributed by atoms with Crippen LogP contribution in [0.5, 0.6) is 5.75 Å². The first-order valence-electron chi connectivity index (χ1n) is 12.3. The van der Waals surface area contributed by atoms with Crippen LogP contribution in [0.25, 0.3) is 0 Å². The molecule has 2 aliphatic heterocycles. The largest absolute Gasteiger partial charge is 0.494 e. The smallest absolute Gasteiger partial charge is 0.253 e. The molecule has 0 saturated carbocycles. The lowest BCUT2D eigenvalue weighted by Gasteiger charge is -2.36. The maximum Gasteiger partial charge on any atom is 0.253 e. The van der Waals surface area contributed by atoms with Crippen molar-refractivity contribution in [3.8, 4) is 5.75 Å². The molecule has 0 atom stereocenters. The quantitative estimate of drug-likeness (QED) is 0.574. The Morgan fingerprint density at radius 2 is 1.66 bits per heavy atom. The van der Waals surface area contributed by atoms with Crippen molar-refractivity contribution >= 4 is 11.6 Å². The average molecular weight is 436 g/mol. The standard InChI is InChI=1S/C27H37N3O2/c1-2-23-8-6-9-24(22-23)27(31)30-19-17-29(18-20-30)25-10-12-26(13-11-25)32-21-7-16-28-14-4-3-5-15-28/h6,8-13,22H,2-5,7,14-21H2,1H3. The predicted octanol–water partition coefficient (Wildman–Crippen LogP) is 4.47. The number of amides is 1. The molecule has 2 aromatic rings. The van der Waals surface area contributed by atoms with E-state index in [0.717, 1.165) is 63.5 Å². The van der Waals surface area contributed by atoms with Gasteiger partial charge in [-0.15, -0.1) is 0 Å². The molecule has 2 aliphatic rings. The summed E-state index contributed by atoms with van der Waals surface area (Å²) in [7, 11) is 0. The lowest BCUT2D eigenvalue weighted by Crippen LogP contribution is -2.48. The number of rotatable bonds is 8. The molecule has 0 bridgehead atoms. The fraction of sp³-hybridized carbons (Fsp3) is 0.519. The first-order chi connectivity index (χ1) is 15.7. The van der Waals surface area contributed by atoms with Crippen LogP contribution < -0.4 is 9.64 Å². The Hall–Kier alpha value is -2.53. The molecular weight excluding hydrogens is 398 g/mol. The number of carbonyl (C=O) groups is 1. The normalized spacial score (nSPS) is 17.4. The molecule has 2 saturated heterocycles. The number of ether oxygens (including phenoxy) is 1. The Morgan fingerprint density at radius 3 is 2.38 bits per heavy atom. The Morgan fingerprint density at radius 1 is 0.906 bits per heavy atom. The number of aryl methyl sites for hydroxylation is 1. The maximum absolute atomic E-state index is 12.9. The van der Waals surface area contributed by atoms with Crippen molar-refractivity contribution in [2.45, 2.75) is 39.0 Å². The first-order valence-corrected chi connectivity index (χ1v) is 12.3. The van der Waals surface area contributed by atoms with Crippen LogP contribution in [0.1, 0.15) is 48.5 Å². The first kappa shape index (κ1) is 22.7. The summed E-state index contributed by atoms with van der Waals surface area (Å²) in [6.45, 7) is 9.75. The molecule has 172 valence electrons. The van der Waals surface area contributed by atoms with Gasteiger partial charge in [0.2, 0.25) is 0 Å². The number of nitrogens with zero attached hydrogens (tertiary/aromatic N) is 3. The van der Waals surface area contributed by atoms with E-state index in [2.05, 4.69) is 47.1 Å². The lowest BCUT2D eigenvalue weighted by molar-refractivity contribution is 0.0746. The van der Waals surface area contributed by atoms with Crippen molar-refractivity contribution in [3.63, 3.8) is 0 Å². The molecule has 2 heterocycles. The van der Waals surface area contributed by atoms with E-state index < -0.39 is 0 Å². The number of hydrogen-bond acceptors (Lipinski definition) is 4. The zero-order chi connectivity index (χ0) is 22.2. The third kappa shape index (κ3) is 6.04. The Balaban J connectivity index is 1.21. The fourth-order valence-electron chi connectivity index (χ4n) is 4.69. The Kier molecular flexibility index (Phi) is 8.05. The van der Waals surface area contributed by atoms with Crippen molar-refractivity contribution in [3.05, 3.63) is 59.7 Å². The second-order valence-electron chi connectivity index (χ2n) is 8.93. The Bertz CT molecular complexity index is 853. The molecule has 2 fully saturated rings. The van der Waals surface area contributed by atoms with E-state index in [1.807, 2.05) is 23.1 Å². The van der Waals surface area contributed by atoms with Gasteiger partial charge in [0, 0.05) is 44.0 Å². The second kappa shape index (κ2) is 11.4. The molecule has 0 N–H and O–H groups in total. The van der Waals surface area contributed by atoms with Crippen LogP contribution in [-0.4, -0.2) is 68.1 Å². The second-order valence-corrected chi connectivity index (χ2v) is 8.93. The number of piperazine rings is 1. The van der Waals surface area contributed by atoms with Crippen LogP contribution in [-0.2, 0) is 6.42 Å². The summed E-state index contributed by atoms with van der Waals surface area (Å²) in [5.74, 6) is 1.09. The van der Waals surface area contributed by atoms with Crippen LogP contribution in [0.2, 0.25) is 0 Å². The van der Waals surface area contributed by atoms with Crippen LogP contribution >= 0.6 is 0 Å². The van der Waals surface area contributed by atoms with E-state index in [0.29, 0.717) is 0 Å². The van der Waals surface area contributed by atoms with Crippen molar-refractivity contribution in [1.82, 2.24) is 9.80 Å². The number of likely N-dealkylation sites (tertiary alicyclic amines) is 1. The highest BCUT2D eigenvalue weighted by Crippen LogP contribution is 2.22. The maximum atomic E-state index is 12.9. The van der Waals surface area contributed by atoms with Crippen LogP contribution in [0.15, 0.2) is 48.5 Å². The molecule has 1 amide bonds. The number of anilines is 1. The third-order valence-corrected chi connectivity index (χ3v) is 6.69. The van der Waals surface area contributed by atoms with Gasteiger partial charge >= 0.3 is 0 Å². The summed E-state index contributed by atoms with van der Waals surface area (Å²) >= 11 is 0. The van der Waals surface area contributed by atoms with E-state index in [1.54, 1.807) is 0 Å². The topological polar surface area (TPSA) is 36.0 Å². The van der Waals surface area contributed by atoms with Crippen molar-refractivity contribution in [2.24, 2.45) is 0 Å². The van der Waals surface area contributed by atoms with Gasteiger partial charge in [0.1, 0.15) is 5.75 Å². The third-order valence-electron chi connectivity index (χ3n) is 6.69. The summed E-state index contributed by atoms with van der Waals surface area (Å²) in [6.07, 6.45) is 6.11. The molecule has 0 spiro atoms. The van der Waals surface area contributed by atoms with E-state index >= 15 is 0 Å². The lowest BCUT2D eigenvalue weighted by atomic mass is 10.1. The van der Waals surface area contributed by atoms with E-state index in [1.165, 1.54) is 43.6 Å². The molecule has 4 rings (SSSR count). The summed E-state index contributed by atoms with van der Waals surface area (Å²) < 4.78 is 5.96. The van der Waals surface area contributed by atoms with E-state index in [-0.39, 0.29) is 5.91 Å². The van der Waals surface area contributed by atoms with Gasteiger partial charge in [-0.1, -0.05) is 25.5 Å². The van der Waals surface area contributed by atoms with Crippen molar-refractivity contribution in [2.75, 3.05) is 57.3 Å². The summed E-state index contributed by atoms with van der Waals surface area (Å²) in [4.78, 5) is 19.8. The Labute approximate surface area is 193 Å². The molecule has 32 heavy (non-hydrogen) atoms. The molecular formula is C27H37N3O2. The predicted molar refractivity (Wildman–Crippen MR) is 131 cm³/mol.